The van der Waals surface area contributed by atoms with Gasteiger partial charge >= 0.3 is 17.6 Å². The Labute approximate surface area is 253 Å². The average Bonchev–Trinajstić information content (AvgIpc) is 2.97. The summed E-state index contributed by atoms with van der Waals surface area (Å²) in [6.45, 7) is 0. The Morgan fingerprint density at radius 1 is 0.500 bits per heavy atom. The quantitative estimate of drug-likeness (QED) is 0.0725. The zero-order chi connectivity index (χ0) is 27.7. The van der Waals surface area contributed by atoms with E-state index in [-0.39, 0.29) is 0 Å². The molecule has 0 radical (unpaired) electrons. The van der Waals surface area contributed by atoms with Crippen molar-refractivity contribution in [3.8, 4) is 0 Å². The van der Waals surface area contributed by atoms with Crippen molar-refractivity contribution in [2.24, 2.45) is 0 Å². The van der Waals surface area contributed by atoms with Crippen LogP contribution in [0.3, 0.4) is 0 Å². The first-order chi connectivity index (χ1) is 18.5. The minimum Gasteiger partial charge on any atom is -0.377 e. The molecule has 0 amide bonds. The van der Waals surface area contributed by atoms with Gasteiger partial charge in [-0.2, -0.15) is 0 Å². The van der Waals surface area contributed by atoms with Gasteiger partial charge in [0.25, 0.3) is 0 Å². The number of hydrogen-bond acceptors (Lipinski definition) is 12. The third-order valence-corrected chi connectivity index (χ3v) is 22.3. The Morgan fingerprint density at radius 2 is 0.842 bits per heavy atom. The molecular formula is C24H38O6S6Si2. The largest absolute Gasteiger partial charge is 0.500 e. The molecule has 0 spiro atoms. The van der Waals surface area contributed by atoms with Gasteiger partial charge in [-0.1, -0.05) is 36.4 Å². The summed E-state index contributed by atoms with van der Waals surface area (Å²) in [6, 6.07) is 18.8. The van der Waals surface area contributed by atoms with Crippen LogP contribution >= 0.6 is 60.9 Å². The minimum atomic E-state index is -2.52. The molecule has 0 aliphatic rings. The van der Waals surface area contributed by atoms with Crippen molar-refractivity contribution in [2.45, 2.75) is 47.6 Å². The molecule has 0 unspecified atom stereocenters. The van der Waals surface area contributed by atoms with Crippen molar-refractivity contribution in [3.05, 3.63) is 59.7 Å². The van der Waals surface area contributed by atoms with Crippen molar-refractivity contribution < 1.29 is 26.6 Å². The van der Waals surface area contributed by atoms with E-state index in [1.807, 2.05) is 21.6 Å². The first kappa shape index (κ1) is 34.9. The molecule has 0 bridgehead atoms. The first-order valence-corrected chi connectivity index (χ1v) is 23.3. The molecule has 0 aliphatic heterocycles. The summed E-state index contributed by atoms with van der Waals surface area (Å²) in [5, 5.41) is 0. The van der Waals surface area contributed by atoms with E-state index in [0.29, 0.717) is 0 Å². The Morgan fingerprint density at radius 3 is 1.18 bits per heavy atom. The summed E-state index contributed by atoms with van der Waals surface area (Å²) in [5.41, 5.74) is 2.69. The van der Waals surface area contributed by atoms with Gasteiger partial charge in [-0.3, -0.25) is 0 Å². The van der Waals surface area contributed by atoms with Gasteiger partial charge in [0.2, 0.25) is 0 Å². The highest BCUT2D eigenvalue weighted by atomic mass is 33.9. The predicted molar refractivity (Wildman–Crippen MR) is 175 cm³/mol. The Kier molecular flexibility index (Phi) is 18.2. The van der Waals surface area contributed by atoms with Gasteiger partial charge in [-0.25, -0.2) is 0 Å². The first-order valence-electron chi connectivity index (χ1n) is 12.0. The molecule has 0 atom stereocenters. The Hall–Kier alpha value is 0.734. The van der Waals surface area contributed by atoms with Gasteiger partial charge in [0, 0.05) is 64.5 Å². The second kappa shape index (κ2) is 19.8. The number of hydrogen-bond donors (Lipinski definition) is 0. The Balaban J connectivity index is 1.75. The molecule has 0 fully saturated rings. The van der Waals surface area contributed by atoms with E-state index in [4.69, 9.17) is 26.6 Å². The zero-order valence-electron chi connectivity index (χ0n) is 22.8. The molecular weight excluding hydrogens is 633 g/mol. The van der Waals surface area contributed by atoms with Crippen LogP contribution in [0.5, 0.6) is 0 Å². The van der Waals surface area contributed by atoms with Gasteiger partial charge in [-0.05, 0) is 110 Å². The highest BCUT2D eigenvalue weighted by molar-refractivity contribution is 9.41. The second-order valence-electron chi connectivity index (χ2n) is 7.95. The lowest BCUT2D eigenvalue weighted by Crippen LogP contribution is -2.42. The Bertz CT molecular complexity index is 833. The van der Waals surface area contributed by atoms with Gasteiger partial charge < -0.3 is 26.6 Å². The highest BCUT2D eigenvalue weighted by Gasteiger charge is 2.37. The summed E-state index contributed by atoms with van der Waals surface area (Å²) in [6.07, 6.45) is 3.86. The molecule has 2 aromatic rings. The summed E-state index contributed by atoms with van der Waals surface area (Å²) in [5.74, 6) is 0. The van der Waals surface area contributed by atoms with Gasteiger partial charge in [0.15, 0.2) is 0 Å². The van der Waals surface area contributed by atoms with E-state index in [1.54, 1.807) is 82.0 Å². The lowest BCUT2D eigenvalue weighted by atomic mass is 10.1. The molecule has 38 heavy (non-hydrogen) atoms. The number of aryl methyl sites for hydroxylation is 2. The van der Waals surface area contributed by atoms with E-state index >= 15 is 0 Å². The third-order valence-electron chi connectivity index (χ3n) is 6.00. The summed E-state index contributed by atoms with van der Waals surface area (Å²) in [4.78, 5) is 2.60. The molecule has 0 heterocycles. The molecule has 14 heteroatoms. The van der Waals surface area contributed by atoms with Crippen molar-refractivity contribution in [3.63, 3.8) is 0 Å². The van der Waals surface area contributed by atoms with Crippen LogP contribution in [-0.2, 0) is 39.4 Å². The molecule has 0 N–H and O–H groups in total. The van der Waals surface area contributed by atoms with Crippen LogP contribution in [0.1, 0.15) is 24.0 Å². The second-order valence-corrected chi connectivity index (χ2v) is 23.4. The monoisotopic (exact) mass is 670 g/mol. The summed E-state index contributed by atoms with van der Waals surface area (Å²) < 4.78 is 33.3. The molecule has 0 aliphatic carbocycles. The van der Waals surface area contributed by atoms with Crippen LogP contribution in [0.4, 0.5) is 0 Å². The highest BCUT2D eigenvalue weighted by Crippen LogP contribution is 2.56. The molecule has 0 saturated carbocycles. The van der Waals surface area contributed by atoms with Crippen molar-refractivity contribution in [1.29, 1.82) is 0 Å². The van der Waals surface area contributed by atoms with E-state index in [9.17, 15) is 0 Å². The van der Waals surface area contributed by atoms with Gasteiger partial charge in [0.05, 0.1) is 0 Å². The van der Waals surface area contributed by atoms with Gasteiger partial charge in [0.1, 0.15) is 0 Å². The number of benzene rings is 2. The normalized spacial score (nSPS) is 12.3. The van der Waals surface area contributed by atoms with E-state index in [2.05, 4.69) is 48.5 Å². The molecule has 2 rings (SSSR count). The van der Waals surface area contributed by atoms with Crippen LogP contribution in [-0.4, -0.2) is 60.3 Å². The van der Waals surface area contributed by atoms with Crippen LogP contribution in [0.2, 0.25) is 12.1 Å². The van der Waals surface area contributed by atoms with E-state index in [1.165, 1.54) is 20.9 Å². The minimum absolute atomic E-state index is 0.802. The maximum Gasteiger partial charge on any atom is 0.500 e. The van der Waals surface area contributed by atoms with Crippen molar-refractivity contribution in [2.75, 3.05) is 42.7 Å². The van der Waals surface area contributed by atoms with E-state index < -0.39 is 17.6 Å². The van der Waals surface area contributed by atoms with Crippen molar-refractivity contribution in [1.82, 2.24) is 0 Å². The fourth-order valence-corrected chi connectivity index (χ4v) is 18.7. The summed E-state index contributed by atoms with van der Waals surface area (Å²) in [7, 11) is 15.8. The molecule has 6 nitrogen and oxygen atoms in total. The van der Waals surface area contributed by atoms with Crippen LogP contribution in [0.25, 0.3) is 0 Å². The molecule has 0 saturated heterocycles. The summed E-state index contributed by atoms with van der Waals surface area (Å²) >= 11 is 0. The van der Waals surface area contributed by atoms with Gasteiger partial charge in [-0.15, -0.1) is 0 Å². The lowest BCUT2D eigenvalue weighted by molar-refractivity contribution is 0.122. The fraction of sp³-hybridized carbons (Fsp3) is 0.500. The van der Waals surface area contributed by atoms with E-state index in [0.717, 1.165) is 37.8 Å². The molecule has 214 valence electrons. The van der Waals surface area contributed by atoms with Crippen molar-refractivity contribution >= 4 is 78.5 Å². The smallest absolute Gasteiger partial charge is 0.377 e. The number of rotatable bonds is 21. The fourth-order valence-electron chi connectivity index (χ4n) is 3.81. The maximum atomic E-state index is 5.55. The topological polar surface area (TPSA) is 55.4 Å². The maximum absolute atomic E-state index is 5.55. The average molecular weight is 671 g/mol. The third kappa shape index (κ3) is 11.5. The van der Waals surface area contributed by atoms with Crippen LogP contribution in [0, 0.1) is 0 Å². The standard InChI is InChI=1S/C24H38O6S6Si2/c1-25-37(26-2,27-3)19-11-15-21-13-7-9-17-23(21)31-33-35-36-34-32-24-18-10-8-14-22(24)16-12-20-38(28-4,29-5)30-6/h7-10,13-14,17-18H,11-12,15-16,19-20H2,1-6H3. The molecule has 2 aromatic carbocycles. The van der Waals surface area contributed by atoms with Crippen LogP contribution < -0.4 is 0 Å². The zero-order valence-corrected chi connectivity index (χ0v) is 29.7. The molecule has 0 aromatic heterocycles. The predicted octanol–water partition coefficient (Wildman–Crippen LogP) is 8.70. The van der Waals surface area contributed by atoms with Crippen LogP contribution in [0.15, 0.2) is 58.3 Å². The SMILES string of the molecule is CO[Si](CCCc1ccccc1SSSSSSc1ccccc1CCC[Si](OC)(OC)OC)(OC)OC. The lowest BCUT2D eigenvalue weighted by Gasteiger charge is -2.24.